The van der Waals surface area contributed by atoms with Crippen LogP contribution in [-0.4, -0.2) is 23.1 Å². The maximum atomic E-state index is 3.85. The lowest BCUT2D eigenvalue weighted by atomic mass is 9.98. The fraction of sp³-hybridized carbons (Fsp3) is 1.00. The fourth-order valence-electron chi connectivity index (χ4n) is 3.56. The van der Waals surface area contributed by atoms with Crippen LogP contribution in [0.1, 0.15) is 65.7 Å². The zero-order valence-electron chi connectivity index (χ0n) is 11.2. The van der Waals surface area contributed by atoms with Crippen molar-refractivity contribution in [3.05, 3.63) is 0 Å². The summed E-state index contributed by atoms with van der Waals surface area (Å²) in [5, 5.41) is 2.56. The summed E-state index contributed by atoms with van der Waals surface area (Å²) in [6.45, 7) is 7.09. The monoisotopic (exact) mass is 224 g/mol. The summed E-state index contributed by atoms with van der Waals surface area (Å²) >= 11 is 0. The van der Waals surface area contributed by atoms with E-state index < -0.39 is 0 Å². The van der Waals surface area contributed by atoms with Crippen LogP contribution >= 0.6 is 0 Å². The van der Waals surface area contributed by atoms with E-state index in [2.05, 4.69) is 31.2 Å². The molecule has 4 unspecified atom stereocenters. The molecule has 2 aliphatic rings. The summed E-state index contributed by atoms with van der Waals surface area (Å²) in [6.07, 6.45) is 9.71. The number of hydrazine groups is 1. The summed E-state index contributed by atoms with van der Waals surface area (Å²) < 4.78 is 0. The Morgan fingerprint density at radius 1 is 1.00 bits per heavy atom. The molecule has 16 heavy (non-hydrogen) atoms. The summed E-state index contributed by atoms with van der Waals surface area (Å²) in [4.78, 5) is 0. The molecule has 1 aliphatic carbocycles. The molecule has 1 N–H and O–H groups in total. The van der Waals surface area contributed by atoms with E-state index in [0.29, 0.717) is 0 Å². The number of nitrogens with one attached hydrogen (secondary N) is 1. The topological polar surface area (TPSA) is 15.3 Å². The van der Waals surface area contributed by atoms with E-state index in [4.69, 9.17) is 0 Å². The van der Waals surface area contributed by atoms with Gasteiger partial charge in [0.1, 0.15) is 0 Å². The lowest BCUT2D eigenvalue weighted by Crippen LogP contribution is -2.56. The maximum absolute atomic E-state index is 3.85. The molecule has 0 bridgehead atoms. The summed E-state index contributed by atoms with van der Waals surface area (Å²) in [6, 6.07) is 2.21. The highest BCUT2D eigenvalue weighted by molar-refractivity contribution is 4.85. The first-order valence-corrected chi connectivity index (χ1v) is 7.27. The maximum Gasteiger partial charge on any atom is 0.0243 e. The molecule has 94 valence electrons. The molecule has 0 spiro atoms. The van der Waals surface area contributed by atoms with Crippen LogP contribution in [-0.2, 0) is 0 Å². The molecule has 0 aromatic rings. The average Bonchev–Trinajstić information content (AvgIpc) is 2.71. The van der Waals surface area contributed by atoms with Crippen molar-refractivity contribution in [2.24, 2.45) is 5.92 Å². The number of piperidine rings is 1. The van der Waals surface area contributed by atoms with Gasteiger partial charge in [-0.3, -0.25) is 5.43 Å². The second-order valence-electron chi connectivity index (χ2n) is 5.87. The molecule has 4 atom stereocenters. The molecule has 0 aromatic heterocycles. The van der Waals surface area contributed by atoms with Gasteiger partial charge in [-0.15, -0.1) is 0 Å². The second-order valence-corrected chi connectivity index (χ2v) is 5.87. The molecule has 1 saturated heterocycles. The van der Waals surface area contributed by atoms with Gasteiger partial charge in [0.05, 0.1) is 0 Å². The van der Waals surface area contributed by atoms with Gasteiger partial charge in [0.2, 0.25) is 0 Å². The van der Waals surface area contributed by atoms with E-state index >= 15 is 0 Å². The first kappa shape index (κ1) is 12.4. The first-order valence-electron chi connectivity index (χ1n) is 7.27. The summed E-state index contributed by atoms with van der Waals surface area (Å²) in [7, 11) is 0. The summed E-state index contributed by atoms with van der Waals surface area (Å²) in [5.41, 5.74) is 3.85. The standard InChI is InChI=1S/C14H28N2/c1-4-13-9-6-10-14(13)15-16-11(2)7-5-8-12(16)3/h11-15H,4-10H2,1-3H3. The van der Waals surface area contributed by atoms with Crippen LogP contribution in [0.4, 0.5) is 0 Å². The SMILES string of the molecule is CCC1CCCC1NN1C(C)CCCC1C. The van der Waals surface area contributed by atoms with Gasteiger partial charge in [-0.1, -0.05) is 26.2 Å². The van der Waals surface area contributed by atoms with Gasteiger partial charge in [0, 0.05) is 18.1 Å². The third kappa shape index (κ3) is 2.60. The zero-order valence-corrected chi connectivity index (χ0v) is 11.2. The molecule has 1 heterocycles. The average molecular weight is 224 g/mol. The predicted molar refractivity (Wildman–Crippen MR) is 69.2 cm³/mol. The van der Waals surface area contributed by atoms with Crippen LogP contribution in [0.15, 0.2) is 0 Å². The van der Waals surface area contributed by atoms with Crippen molar-refractivity contribution in [2.45, 2.75) is 83.8 Å². The zero-order chi connectivity index (χ0) is 11.5. The number of rotatable bonds is 3. The molecule has 2 fully saturated rings. The van der Waals surface area contributed by atoms with E-state index in [1.807, 2.05) is 0 Å². The van der Waals surface area contributed by atoms with Crippen LogP contribution in [0.5, 0.6) is 0 Å². The Morgan fingerprint density at radius 3 is 2.25 bits per heavy atom. The molecule has 0 amide bonds. The minimum atomic E-state index is 0.724. The van der Waals surface area contributed by atoms with Gasteiger partial charge >= 0.3 is 0 Å². The Hall–Kier alpha value is -0.0800. The van der Waals surface area contributed by atoms with Gasteiger partial charge in [-0.05, 0) is 45.4 Å². The van der Waals surface area contributed by atoms with Gasteiger partial charge < -0.3 is 0 Å². The van der Waals surface area contributed by atoms with Crippen LogP contribution in [0, 0.1) is 5.92 Å². The van der Waals surface area contributed by atoms with E-state index in [1.54, 1.807) is 0 Å². The van der Waals surface area contributed by atoms with Crippen molar-refractivity contribution < 1.29 is 0 Å². The first-order chi connectivity index (χ1) is 7.72. The Balaban J connectivity index is 1.91. The normalized spacial score (nSPS) is 41.4. The number of hydrogen-bond acceptors (Lipinski definition) is 2. The lowest BCUT2D eigenvalue weighted by Gasteiger charge is -2.41. The molecule has 0 radical (unpaired) electrons. The van der Waals surface area contributed by atoms with Crippen LogP contribution in [0.25, 0.3) is 0 Å². The molecule has 2 heteroatoms. The number of nitrogens with zero attached hydrogens (tertiary/aromatic N) is 1. The van der Waals surface area contributed by atoms with E-state index in [9.17, 15) is 0 Å². The molecule has 1 saturated carbocycles. The van der Waals surface area contributed by atoms with Gasteiger partial charge in [0.15, 0.2) is 0 Å². The Morgan fingerprint density at radius 2 is 1.62 bits per heavy atom. The van der Waals surface area contributed by atoms with Gasteiger partial charge in [-0.25, -0.2) is 5.01 Å². The van der Waals surface area contributed by atoms with Gasteiger partial charge in [0.25, 0.3) is 0 Å². The highest BCUT2D eigenvalue weighted by atomic mass is 15.5. The van der Waals surface area contributed by atoms with Gasteiger partial charge in [-0.2, -0.15) is 0 Å². The van der Waals surface area contributed by atoms with Crippen LogP contribution in [0.3, 0.4) is 0 Å². The predicted octanol–water partition coefficient (Wildman–Crippen LogP) is 3.33. The second kappa shape index (κ2) is 5.50. The van der Waals surface area contributed by atoms with E-state index in [0.717, 1.165) is 24.0 Å². The van der Waals surface area contributed by atoms with Crippen LogP contribution < -0.4 is 5.43 Å². The van der Waals surface area contributed by atoms with Crippen molar-refractivity contribution in [2.75, 3.05) is 0 Å². The third-order valence-corrected chi connectivity index (χ3v) is 4.69. The molecule has 1 aliphatic heterocycles. The Labute approximate surface area is 101 Å². The quantitative estimate of drug-likeness (QED) is 0.791. The minimum absolute atomic E-state index is 0.724. The molecule has 2 rings (SSSR count). The van der Waals surface area contributed by atoms with E-state index in [1.165, 1.54) is 44.9 Å². The van der Waals surface area contributed by atoms with Crippen molar-refractivity contribution in [3.63, 3.8) is 0 Å². The Bertz CT molecular complexity index is 207. The minimum Gasteiger partial charge on any atom is -0.251 e. The largest absolute Gasteiger partial charge is 0.251 e. The smallest absolute Gasteiger partial charge is 0.0243 e. The Kier molecular flexibility index (Phi) is 4.26. The van der Waals surface area contributed by atoms with Crippen molar-refractivity contribution >= 4 is 0 Å². The molecular formula is C14H28N2. The highest BCUT2D eigenvalue weighted by Gasteiger charge is 2.31. The fourth-order valence-corrected chi connectivity index (χ4v) is 3.56. The van der Waals surface area contributed by atoms with Crippen LogP contribution in [0.2, 0.25) is 0 Å². The summed E-state index contributed by atoms with van der Waals surface area (Å²) in [5.74, 6) is 0.918. The molecule has 0 aromatic carbocycles. The van der Waals surface area contributed by atoms with Crippen molar-refractivity contribution in [1.29, 1.82) is 0 Å². The molecule has 2 nitrogen and oxygen atoms in total. The number of hydrogen-bond donors (Lipinski definition) is 1. The van der Waals surface area contributed by atoms with Crippen molar-refractivity contribution in [1.82, 2.24) is 10.4 Å². The van der Waals surface area contributed by atoms with Crippen molar-refractivity contribution in [3.8, 4) is 0 Å². The third-order valence-electron chi connectivity index (χ3n) is 4.69. The lowest BCUT2D eigenvalue weighted by molar-refractivity contribution is 0.0224. The molecular weight excluding hydrogens is 196 g/mol. The van der Waals surface area contributed by atoms with E-state index in [-0.39, 0.29) is 0 Å². The highest BCUT2D eigenvalue weighted by Crippen LogP contribution is 2.30.